The van der Waals surface area contributed by atoms with Crippen LogP contribution in [0.3, 0.4) is 0 Å². The van der Waals surface area contributed by atoms with Crippen LogP contribution in [0.1, 0.15) is 36.6 Å². The van der Waals surface area contributed by atoms with Gasteiger partial charge >= 0.3 is 0 Å². The first-order chi connectivity index (χ1) is 9.07. The van der Waals surface area contributed by atoms with E-state index in [-0.39, 0.29) is 0 Å². The van der Waals surface area contributed by atoms with Gasteiger partial charge in [-0.05, 0) is 19.8 Å². The quantitative estimate of drug-likeness (QED) is 0.745. The molecule has 1 saturated heterocycles. The van der Waals surface area contributed by atoms with Crippen molar-refractivity contribution in [3.63, 3.8) is 0 Å². The van der Waals surface area contributed by atoms with Crippen molar-refractivity contribution in [3.05, 3.63) is 11.4 Å². The highest BCUT2D eigenvalue weighted by Gasteiger charge is 2.33. The van der Waals surface area contributed by atoms with Gasteiger partial charge in [-0.3, -0.25) is 0 Å². The molecule has 1 aromatic heterocycles. The lowest BCUT2D eigenvalue weighted by Crippen LogP contribution is -2.37. The van der Waals surface area contributed by atoms with Crippen molar-refractivity contribution in [1.82, 2.24) is 9.97 Å². The molecule has 0 bridgehead atoms. The molecule has 0 amide bonds. The fraction of sp³-hybridized carbons (Fsp3) is 0.692. The van der Waals surface area contributed by atoms with E-state index < -0.39 is 5.60 Å². The highest BCUT2D eigenvalue weighted by molar-refractivity contribution is 5.55. The molecule has 2 aliphatic rings. The zero-order valence-corrected chi connectivity index (χ0v) is 11.1. The summed E-state index contributed by atoms with van der Waals surface area (Å²) in [6.45, 7) is 3.30. The molecule has 1 aliphatic carbocycles. The number of hydrogen-bond donors (Lipinski definition) is 3. The minimum Gasteiger partial charge on any atom is -0.386 e. The maximum atomic E-state index is 10.2. The maximum Gasteiger partial charge on any atom is 0.136 e. The van der Waals surface area contributed by atoms with Gasteiger partial charge in [-0.25, -0.2) is 9.97 Å². The normalized spacial score (nSPS) is 26.6. The van der Waals surface area contributed by atoms with Gasteiger partial charge < -0.3 is 20.9 Å². The molecule has 0 aromatic carbocycles. The third kappa shape index (κ3) is 2.64. The lowest BCUT2D eigenvalue weighted by Gasteiger charge is -2.22. The Bertz CT molecular complexity index is 482. The Kier molecular flexibility index (Phi) is 3.06. The predicted molar refractivity (Wildman–Crippen MR) is 72.0 cm³/mol. The first-order valence-electron chi connectivity index (χ1n) is 6.75. The number of anilines is 2. The molecule has 1 unspecified atom stereocenters. The second-order valence-corrected chi connectivity index (χ2v) is 5.60. The summed E-state index contributed by atoms with van der Waals surface area (Å²) < 4.78 is 5.23. The number of aromatic nitrogens is 2. The molecule has 1 saturated carbocycles. The van der Waals surface area contributed by atoms with Crippen LogP contribution in [0.25, 0.3) is 0 Å². The van der Waals surface area contributed by atoms with Crippen molar-refractivity contribution >= 4 is 11.6 Å². The topological polar surface area (TPSA) is 93.3 Å². The smallest absolute Gasteiger partial charge is 0.136 e. The lowest BCUT2D eigenvalue weighted by molar-refractivity contribution is 0.0381. The predicted octanol–water partition coefficient (Wildman–Crippen LogP) is 0.808. The number of ether oxygens (including phenoxy) is 1. The summed E-state index contributed by atoms with van der Waals surface area (Å²) in [4.78, 5) is 8.86. The van der Waals surface area contributed by atoms with Gasteiger partial charge in [0.2, 0.25) is 0 Å². The largest absolute Gasteiger partial charge is 0.386 e. The second kappa shape index (κ2) is 4.61. The molecule has 2 fully saturated rings. The van der Waals surface area contributed by atoms with Gasteiger partial charge in [0.05, 0.1) is 6.61 Å². The monoisotopic (exact) mass is 264 g/mol. The van der Waals surface area contributed by atoms with E-state index in [1.807, 2.05) is 6.92 Å². The first-order valence-corrected chi connectivity index (χ1v) is 6.75. The number of nitrogens with two attached hydrogens (primary N) is 1. The van der Waals surface area contributed by atoms with Gasteiger partial charge in [0.15, 0.2) is 0 Å². The Morgan fingerprint density at radius 2 is 2.26 bits per heavy atom. The van der Waals surface area contributed by atoms with Gasteiger partial charge in [-0.1, -0.05) is 0 Å². The van der Waals surface area contributed by atoms with Crippen LogP contribution in [0.4, 0.5) is 11.6 Å². The lowest BCUT2D eigenvalue weighted by atomic mass is 10.0. The van der Waals surface area contributed by atoms with Gasteiger partial charge in [-0.15, -0.1) is 0 Å². The van der Waals surface area contributed by atoms with E-state index in [1.165, 1.54) is 0 Å². The molecular weight excluding hydrogens is 244 g/mol. The van der Waals surface area contributed by atoms with E-state index in [4.69, 9.17) is 10.5 Å². The Labute approximate surface area is 112 Å². The molecule has 4 N–H and O–H groups in total. The van der Waals surface area contributed by atoms with Crippen molar-refractivity contribution in [2.24, 2.45) is 0 Å². The molecule has 3 rings (SSSR count). The molecule has 1 aliphatic heterocycles. The number of aliphatic hydroxyl groups is 1. The van der Waals surface area contributed by atoms with Gasteiger partial charge in [0, 0.05) is 31.1 Å². The van der Waals surface area contributed by atoms with Crippen molar-refractivity contribution in [1.29, 1.82) is 0 Å². The van der Waals surface area contributed by atoms with Crippen molar-refractivity contribution in [2.75, 3.05) is 30.8 Å². The van der Waals surface area contributed by atoms with E-state index in [0.717, 1.165) is 30.0 Å². The zero-order chi connectivity index (χ0) is 13.5. The van der Waals surface area contributed by atoms with Crippen LogP contribution in [0.15, 0.2) is 0 Å². The summed E-state index contributed by atoms with van der Waals surface area (Å²) >= 11 is 0. The highest BCUT2D eigenvalue weighted by Crippen LogP contribution is 2.39. The Morgan fingerprint density at radius 3 is 2.89 bits per heavy atom. The van der Waals surface area contributed by atoms with Crippen molar-refractivity contribution < 1.29 is 9.84 Å². The van der Waals surface area contributed by atoms with Crippen LogP contribution in [0.5, 0.6) is 0 Å². The molecule has 104 valence electrons. The second-order valence-electron chi connectivity index (χ2n) is 5.60. The van der Waals surface area contributed by atoms with Crippen molar-refractivity contribution in [3.8, 4) is 0 Å². The van der Waals surface area contributed by atoms with E-state index in [2.05, 4.69) is 15.3 Å². The van der Waals surface area contributed by atoms with Gasteiger partial charge in [-0.2, -0.15) is 0 Å². The van der Waals surface area contributed by atoms with E-state index >= 15 is 0 Å². The Balaban J connectivity index is 1.75. The number of rotatable bonds is 4. The molecule has 6 heteroatoms. The van der Waals surface area contributed by atoms with Crippen LogP contribution in [0.2, 0.25) is 0 Å². The molecule has 19 heavy (non-hydrogen) atoms. The number of hydrogen-bond acceptors (Lipinski definition) is 6. The summed E-state index contributed by atoms with van der Waals surface area (Å²) in [5, 5.41) is 13.4. The van der Waals surface area contributed by atoms with E-state index in [9.17, 15) is 5.11 Å². The fourth-order valence-corrected chi connectivity index (χ4v) is 2.23. The Hall–Kier alpha value is -1.40. The molecule has 1 atom stereocenters. The van der Waals surface area contributed by atoms with Crippen molar-refractivity contribution in [2.45, 2.75) is 37.7 Å². The van der Waals surface area contributed by atoms with Crippen LogP contribution in [0, 0.1) is 6.92 Å². The molecular formula is C13H20N4O2. The van der Waals surface area contributed by atoms with Crippen LogP contribution >= 0.6 is 0 Å². The summed E-state index contributed by atoms with van der Waals surface area (Å²) in [6.07, 6.45) is 2.93. The molecule has 6 nitrogen and oxygen atoms in total. The molecule has 1 aromatic rings. The van der Waals surface area contributed by atoms with E-state index in [1.54, 1.807) is 0 Å². The fourth-order valence-electron chi connectivity index (χ4n) is 2.23. The number of nitrogens with zero attached hydrogens (tertiary/aromatic N) is 2. The zero-order valence-electron chi connectivity index (χ0n) is 11.1. The minimum atomic E-state index is -0.800. The minimum absolute atomic E-state index is 0.370. The average Bonchev–Trinajstić information content (AvgIpc) is 3.14. The average molecular weight is 264 g/mol. The Morgan fingerprint density at radius 1 is 1.47 bits per heavy atom. The van der Waals surface area contributed by atoms with E-state index in [0.29, 0.717) is 37.9 Å². The van der Waals surface area contributed by atoms with Crippen LogP contribution < -0.4 is 11.1 Å². The third-order valence-corrected chi connectivity index (χ3v) is 3.81. The van der Waals surface area contributed by atoms with Gasteiger partial charge in [0.25, 0.3) is 0 Å². The highest BCUT2D eigenvalue weighted by atomic mass is 16.5. The van der Waals surface area contributed by atoms with Crippen LogP contribution in [-0.2, 0) is 4.74 Å². The van der Waals surface area contributed by atoms with Crippen LogP contribution in [-0.4, -0.2) is 40.4 Å². The summed E-state index contributed by atoms with van der Waals surface area (Å²) in [6, 6.07) is 0. The standard InChI is InChI=1S/C13H20N4O2/c1-8-10(14)16-12(9-2-3-9)17-11(8)15-6-13(18)4-5-19-7-13/h9,18H,2-7H2,1H3,(H3,14,15,16,17). The number of nitrogen functional groups attached to an aromatic ring is 1. The molecule has 0 spiro atoms. The number of nitrogens with one attached hydrogen (secondary N) is 1. The molecule has 0 radical (unpaired) electrons. The molecule has 2 heterocycles. The SMILES string of the molecule is Cc1c(N)nc(C2CC2)nc1NCC1(O)CCOC1. The third-order valence-electron chi connectivity index (χ3n) is 3.81. The summed E-state index contributed by atoms with van der Waals surface area (Å²) in [5.41, 5.74) is 5.97. The summed E-state index contributed by atoms with van der Waals surface area (Å²) in [5.74, 6) is 2.53. The summed E-state index contributed by atoms with van der Waals surface area (Å²) in [7, 11) is 0. The maximum absolute atomic E-state index is 10.2. The first kappa shape index (κ1) is 12.6. The van der Waals surface area contributed by atoms with Gasteiger partial charge in [0.1, 0.15) is 23.1 Å².